The van der Waals surface area contributed by atoms with Gasteiger partial charge >= 0.3 is 6.18 Å². The first-order valence-corrected chi connectivity index (χ1v) is 8.51. The van der Waals surface area contributed by atoms with Crippen LogP contribution in [-0.4, -0.2) is 22.7 Å². The molecule has 0 aliphatic carbocycles. The summed E-state index contributed by atoms with van der Waals surface area (Å²) in [7, 11) is 0. The largest absolute Gasteiger partial charge is 0.417 e. The summed E-state index contributed by atoms with van der Waals surface area (Å²) < 4.78 is 43.5. The van der Waals surface area contributed by atoms with Gasteiger partial charge in [-0.3, -0.25) is 5.32 Å². The fourth-order valence-corrected chi connectivity index (χ4v) is 4.14. The first-order chi connectivity index (χ1) is 12.5. The van der Waals surface area contributed by atoms with Crippen LogP contribution in [0.3, 0.4) is 0 Å². The van der Waals surface area contributed by atoms with E-state index in [1.165, 1.54) is 0 Å². The smallest absolute Gasteiger partial charge is 0.356 e. The SMILES string of the molecule is FC(F)(F)C1(c2cc3ccccc3[nH]2)NCCc2c1[nH]c1ccccc21. The van der Waals surface area contributed by atoms with Crippen molar-refractivity contribution in [3.8, 4) is 0 Å². The molecule has 3 heterocycles. The van der Waals surface area contributed by atoms with Gasteiger partial charge in [0.15, 0.2) is 5.54 Å². The van der Waals surface area contributed by atoms with Crippen molar-refractivity contribution in [2.45, 2.75) is 18.1 Å². The van der Waals surface area contributed by atoms with Gasteiger partial charge in [0.25, 0.3) is 0 Å². The van der Waals surface area contributed by atoms with Gasteiger partial charge in [-0.2, -0.15) is 13.2 Å². The van der Waals surface area contributed by atoms with Gasteiger partial charge in [0.2, 0.25) is 0 Å². The summed E-state index contributed by atoms with van der Waals surface area (Å²) in [5.74, 6) is 0. The average molecular weight is 355 g/mol. The number of para-hydroxylation sites is 2. The first kappa shape index (κ1) is 15.5. The Labute approximate surface area is 147 Å². The predicted molar refractivity (Wildman–Crippen MR) is 95.1 cm³/mol. The maximum atomic E-state index is 14.5. The number of hydrogen-bond donors (Lipinski definition) is 3. The van der Waals surface area contributed by atoms with Crippen molar-refractivity contribution in [2.75, 3.05) is 6.54 Å². The van der Waals surface area contributed by atoms with Gasteiger partial charge < -0.3 is 9.97 Å². The molecular formula is C20H16F3N3. The number of aromatic amines is 2. The van der Waals surface area contributed by atoms with Crippen molar-refractivity contribution in [1.82, 2.24) is 15.3 Å². The van der Waals surface area contributed by atoms with Crippen LogP contribution in [0.1, 0.15) is 17.0 Å². The second-order valence-corrected chi connectivity index (χ2v) is 6.72. The van der Waals surface area contributed by atoms with Crippen LogP contribution in [0.2, 0.25) is 0 Å². The number of H-pyrrole nitrogens is 2. The maximum Gasteiger partial charge on any atom is 0.417 e. The minimum Gasteiger partial charge on any atom is -0.356 e. The Balaban J connectivity index is 1.86. The van der Waals surface area contributed by atoms with Gasteiger partial charge in [-0.1, -0.05) is 36.4 Å². The molecule has 4 aromatic rings. The molecule has 1 atom stereocenters. The number of hydrogen-bond acceptors (Lipinski definition) is 1. The molecule has 0 radical (unpaired) electrons. The number of benzene rings is 2. The number of nitrogens with one attached hydrogen (secondary N) is 3. The molecule has 0 fully saturated rings. The minimum atomic E-state index is -4.51. The summed E-state index contributed by atoms with van der Waals surface area (Å²) in [5, 5.41) is 4.40. The third kappa shape index (κ3) is 1.93. The van der Waals surface area contributed by atoms with Crippen LogP contribution in [-0.2, 0) is 12.0 Å². The molecule has 6 heteroatoms. The Morgan fingerprint density at radius 3 is 2.38 bits per heavy atom. The van der Waals surface area contributed by atoms with Gasteiger partial charge in [0.05, 0.1) is 11.4 Å². The highest BCUT2D eigenvalue weighted by Gasteiger charge is 2.61. The summed E-state index contributed by atoms with van der Waals surface area (Å²) in [6, 6.07) is 16.2. The molecule has 132 valence electrons. The normalized spacial score (nSPS) is 20.6. The van der Waals surface area contributed by atoms with E-state index < -0.39 is 11.7 Å². The van der Waals surface area contributed by atoms with E-state index in [1.807, 2.05) is 42.5 Å². The maximum absolute atomic E-state index is 14.5. The molecule has 2 aromatic heterocycles. The van der Waals surface area contributed by atoms with Gasteiger partial charge in [0, 0.05) is 23.0 Å². The quantitative estimate of drug-likeness (QED) is 0.459. The molecule has 3 nitrogen and oxygen atoms in total. The number of halogens is 3. The number of alkyl halides is 3. The Morgan fingerprint density at radius 2 is 1.62 bits per heavy atom. The monoisotopic (exact) mass is 355 g/mol. The van der Waals surface area contributed by atoms with Crippen molar-refractivity contribution < 1.29 is 13.2 Å². The molecule has 2 aromatic carbocycles. The van der Waals surface area contributed by atoms with E-state index in [0.717, 1.165) is 21.9 Å². The molecule has 1 aliphatic heterocycles. The second-order valence-electron chi connectivity index (χ2n) is 6.72. The van der Waals surface area contributed by atoms with Crippen molar-refractivity contribution >= 4 is 21.8 Å². The first-order valence-electron chi connectivity index (χ1n) is 8.51. The lowest BCUT2D eigenvalue weighted by Gasteiger charge is -2.39. The molecule has 26 heavy (non-hydrogen) atoms. The molecule has 0 saturated carbocycles. The Kier molecular flexibility index (Phi) is 3.07. The number of fused-ring (bicyclic) bond motifs is 4. The summed E-state index contributed by atoms with van der Waals surface area (Å²) in [5.41, 5.74) is 0.165. The highest BCUT2D eigenvalue weighted by molar-refractivity contribution is 5.86. The zero-order valence-electron chi connectivity index (χ0n) is 13.7. The fourth-order valence-electron chi connectivity index (χ4n) is 4.14. The Bertz CT molecular complexity index is 1090. The summed E-state index contributed by atoms with van der Waals surface area (Å²) >= 11 is 0. The lowest BCUT2D eigenvalue weighted by atomic mass is 9.83. The summed E-state index contributed by atoms with van der Waals surface area (Å²) in [6.45, 7) is 0.254. The van der Waals surface area contributed by atoms with Crippen LogP contribution >= 0.6 is 0 Å². The van der Waals surface area contributed by atoms with Crippen LogP contribution in [0.5, 0.6) is 0 Å². The molecule has 0 bridgehead atoms. The lowest BCUT2D eigenvalue weighted by molar-refractivity contribution is -0.190. The average Bonchev–Trinajstić information content (AvgIpc) is 3.22. The number of aromatic nitrogens is 2. The van der Waals surface area contributed by atoms with Crippen LogP contribution in [0.4, 0.5) is 13.2 Å². The number of rotatable bonds is 1. The molecule has 1 aliphatic rings. The fraction of sp³-hybridized carbons (Fsp3) is 0.200. The van der Waals surface area contributed by atoms with Gasteiger partial charge in [-0.15, -0.1) is 0 Å². The van der Waals surface area contributed by atoms with Crippen molar-refractivity contribution in [2.24, 2.45) is 0 Å². The third-order valence-electron chi connectivity index (χ3n) is 5.31. The minimum absolute atomic E-state index is 0.110. The molecule has 1 unspecified atom stereocenters. The molecule has 0 saturated heterocycles. The van der Waals surface area contributed by atoms with E-state index in [-0.39, 0.29) is 17.9 Å². The Morgan fingerprint density at radius 1 is 0.885 bits per heavy atom. The van der Waals surface area contributed by atoms with Gasteiger partial charge in [-0.25, -0.2) is 0 Å². The van der Waals surface area contributed by atoms with Crippen LogP contribution in [0.25, 0.3) is 21.8 Å². The third-order valence-corrected chi connectivity index (χ3v) is 5.31. The zero-order valence-corrected chi connectivity index (χ0v) is 13.7. The lowest BCUT2D eigenvalue weighted by Crippen LogP contribution is -2.58. The second kappa shape index (κ2) is 5.14. The molecule has 5 rings (SSSR count). The van der Waals surface area contributed by atoms with Gasteiger partial charge in [-0.05, 0) is 35.6 Å². The van der Waals surface area contributed by atoms with Crippen molar-refractivity contribution in [3.05, 3.63) is 71.5 Å². The van der Waals surface area contributed by atoms with Crippen LogP contribution in [0.15, 0.2) is 54.6 Å². The van der Waals surface area contributed by atoms with E-state index >= 15 is 0 Å². The van der Waals surface area contributed by atoms with E-state index in [0.29, 0.717) is 11.9 Å². The molecular weight excluding hydrogens is 339 g/mol. The Hall–Kier alpha value is -2.73. The van der Waals surface area contributed by atoms with Gasteiger partial charge in [0.1, 0.15) is 0 Å². The topological polar surface area (TPSA) is 43.6 Å². The zero-order chi connectivity index (χ0) is 17.9. The van der Waals surface area contributed by atoms with E-state index in [2.05, 4.69) is 15.3 Å². The predicted octanol–water partition coefficient (Wildman–Crippen LogP) is 4.60. The summed E-state index contributed by atoms with van der Waals surface area (Å²) in [4.78, 5) is 6.05. The van der Waals surface area contributed by atoms with E-state index in [1.54, 1.807) is 12.1 Å². The summed E-state index contributed by atoms with van der Waals surface area (Å²) in [6.07, 6.45) is -3.96. The molecule has 3 N–H and O–H groups in total. The standard InChI is InChI=1S/C20H16F3N3/c21-20(22,23)19(17-11-12-5-1-3-7-15(12)25-17)18-14(9-10-24-19)13-6-2-4-8-16(13)26-18/h1-8,11,24-26H,9-10H2. The highest BCUT2D eigenvalue weighted by atomic mass is 19.4. The van der Waals surface area contributed by atoms with Crippen LogP contribution in [0, 0.1) is 0 Å². The van der Waals surface area contributed by atoms with Crippen molar-refractivity contribution in [1.29, 1.82) is 0 Å². The molecule has 0 spiro atoms. The van der Waals surface area contributed by atoms with Crippen LogP contribution < -0.4 is 5.32 Å². The van der Waals surface area contributed by atoms with Crippen molar-refractivity contribution in [3.63, 3.8) is 0 Å². The van der Waals surface area contributed by atoms with E-state index in [4.69, 9.17) is 0 Å². The van der Waals surface area contributed by atoms with E-state index in [9.17, 15) is 13.2 Å². The molecule has 0 amide bonds. The highest BCUT2D eigenvalue weighted by Crippen LogP contribution is 2.48.